The van der Waals surface area contributed by atoms with Crippen LogP contribution in [0.15, 0.2) is 30.5 Å². The average molecular weight is 587 g/mol. The number of aromatic nitrogens is 2. The van der Waals surface area contributed by atoms with Crippen LogP contribution in [-0.4, -0.2) is 99.7 Å². The summed E-state index contributed by atoms with van der Waals surface area (Å²) in [6.07, 6.45) is 1.33. The summed E-state index contributed by atoms with van der Waals surface area (Å²) in [6, 6.07) is 6.44. The van der Waals surface area contributed by atoms with Crippen LogP contribution in [0.5, 0.6) is 0 Å². The molecule has 8 nitrogen and oxygen atoms in total. The van der Waals surface area contributed by atoms with Crippen LogP contribution < -0.4 is 0 Å². The van der Waals surface area contributed by atoms with Crippen molar-refractivity contribution in [2.24, 2.45) is 0 Å². The Bertz CT molecular complexity index is 1290. The molecule has 11 heteroatoms. The Morgan fingerprint density at radius 1 is 0.833 bits per heavy atom. The number of hydrogen-bond donors (Lipinski definition) is 0. The monoisotopic (exact) mass is 586 g/mol. The molecule has 0 spiro atoms. The highest BCUT2D eigenvalue weighted by atomic mass is 19.4. The van der Waals surface area contributed by atoms with E-state index in [1.807, 2.05) is 14.5 Å². The largest absolute Gasteiger partial charge is 0.416 e. The number of piperazine rings is 1. The van der Waals surface area contributed by atoms with Crippen molar-refractivity contribution in [3.63, 3.8) is 0 Å². The number of amides is 3. The fourth-order valence-corrected chi connectivity index (χ4v) is 7.00. The van der Waals surface area contributed by atoms with E-state index in [4.69, 9.17) is 5.10 Å². The summed E-state index contributed by atoms with van der Waals surface area (Å²) in [5.74, 6) is -0.197. The highest BCUT2D eigenvalue weighted by Crippen LogP contribution is 2.44. The van der Waals surface area contributed by atoms with Gasteiger partial charge in [-0.1, -0.05) is 18.2 Å². The number of alkyl halides is 3. The number of hydrogen-bond acceptors (Lipinski definition) is 4. The van der Waals surface area contributed by atoms with Gasteiger partial charge in [0.2, 0.25) is 0 Å². The van der Waals surface area contributed by atoms with Crippen molar-refractivity contribution in [1.82, 2.24) is 29.4 Å². The Labute approximate surface area is 245 Å². The lowest BCUT2D eigenvalue weighted by Crippen LogP contribution is -2.55. The first kappa shape index (κ1) is 29.0. The molecule has 1 aromatic heterocycles. The number of likely N-dealkylation sites (tertiary alicyclic amines) is 2. The topological polar surface area (TPSA) is 64.9 Å². The fraction of sp³-hybridized carbons (Fsp3) is 0.645. The minimum atomic E-state index is -4.42. The van der Waals surface area contributed by atoms with Crippen molar-refractivity contribution in [3.8, 4) is 0 Å². The lowest BCUT2D eigenvalue weighted by molar-refractivity contribution is -0.138. The van der Waals surface area contributed by atoms with E-state index >= 15 is 0 Å². The van der Waals surface area contributed by atoms with Crippen molar-refractivity contribution in [2.45, 2.75) is 76.0 Å². The number of carbonyl (C=O) groups is 2. The lowest BCUT2D eigenvalue weighted by atomic mass is 9.93. The molecule has 0 bridgehead atoms. The molecule has 4 aliphatic rings. The summed E-state index contributed by atoms with van der Waals surface area (Å²) in [7, 11) is 0. The van der Waals surface area contributed by atoms with Crippen LogP contribution in [0.3, 0.4) is 0 Å². The normalized spacial score (nSPS) is 22.8. The minimum absolute atomic E-state index is 0.117. The summed E-state index contributed by atoms with van der Waals surface area (Å²) < 4.78 is 42.9. The van der Waals surface area contributed by atoms with E-state index in [0.29, 0.717) is 37.7 Å². The molecule has 6 rings (SSSR count). The Hall–Kier alpha value is -3.08. The van der Waals surface area contributed by atoms with Gasteiger partial charge < -0.3 is 14.7 Å². The first-order valence-electron chi connectivity index (χ1n) is 15.4. The quantitative estimate of drug-likeness (QED) is 0.484. The molecule has 42 heavy (non-hydrogen) atoms. The van der Waals surface area contributed by atoms with E-state index in [2.05, 4.69) is 18.7 Å². The van der Waals surface area contributed by atoms with E-state index in [9.17, 15) is 22.8 Å². The number of nitrogens with zero attached hydrogens (tertiary/aromatic N) is 6. The fourth-order valence-electron chi connectivity index (χ4n) is 7.00. The third-order valence-corrected chi connectivity index (χ3v) is 9.61. The molecule has 4 fully saturated rings. The van der Waals surface area contributed by atoms with Gasteiger partial charge in [-0.25, -0.2) is 4.79 Å². The summed E-state index contributed by atoms with van der Waals surface area (Å²) in [5, 5.41) is 4.70. The maximum Gasteiger partial charge on any atom is 0.416 e. The third-order valence-electron chi connectivity index (χ3n) is 9.61. The zero-order valence-electron chi connectivity index (χ0n) is 24.5. The Kier molecular flexibility index (Phi) is 7.97. The van der Waals surface area contributed by atoms with Crippen molar-refractivity contribution in [1.29, 1.82) is 0 Å². The van der Waals surface area contributed by atoms with Gasteiger partial charge in [0.1, 0.15) is 0 Å². The first-order chi connectivity index (χ1) is 20.1. The van der Waals surface area contributed by atoms with Gasteiger partial charge in [0.25, 0.3) is 5.91 Å². The van der Waals surface area contributed by atoms with Crippen LogP contribution in [0.2, 0.25) is 0 Å². The molecule has 3 amide bonds. The van der Waals surface area contributed by atoms with Gasteiger partial charge in [-0.3, -0.25) is 14.4 Å². The van der Waals surface area contributed by atoms with E-state index in [0.717, 1.165) is 63.6 Å². The summed E-state index contributed by atoms with van der Waals surface area (Å²) in [5.41, 5.74) is 1.21. The van der Waals surface area contributed by atoms with Crippen LogP contribution in [-0.2, 0) is 6.18 Å². The first-order valence-corrected chi connectivity index (χ1v) is 15.4. The van der Waals surface area contributed by atoms with Gasteiger partial charge in [-0.15, -0.1) is 0 Å². The number of benzene rings is 1. The number of halogens is 3. The predicted molar refractivity (Wildman–Crippen MR) is 152 cm³/mol. The summed E-state index contributed by atoms with van der Waals surface area (Å²) >= 11 is 0. The zero-order valence-corrected chi connectivity index (χ0v) is 24.5. The Balaban J connectivity index is 1.10. The molecular formula is C31H41F3N6O2. The standard InChI is InChI=1S/C31H41F3N6O2/c1-21(2)36-15-17-38(18-16-36)30(42)37-13-10-24(11-14-37)40-28(22-7-8-22)26(19-35-40)29(41)39-12-9-23(20-39)25-5-3-4-6-27(25)31(32,33)34/h3-6,19,21-24H,7-18,20H2,1-2H3/t23-/m1/s1. The predicted octanol–water partition coefficient (Wildman–Crippen LogP) is 5.19. The van der Waals surface area contributed by atoms with Gasteiger partial charge in [0, 0.05) is 70.2 Å². The average Bonchev–Trinajstić information content (AvgIpc) is 3.53. The number of rotatable bonds is 5. The zero-order chi connectivity index (χ0) is 29.6. The maximum atomic E-state index is 13.7. The van der Waals surface area contributed by atoms with Crippen molar-refractivity contribution >= 4 is 11.9 Å². The van der Waals surface area contributed by atoms with Crippen molar-refractivity contribution in [3.05, 3.63) is 52.8 Å². The van der Waals surface area contributed by atoms with Crippen LogP contribution in [0.4, 0.5) is 18.0 Å². The molecule has 0 N–H and O–H groups in total. The van der Waals surface area contributed by atoms with E-state index in [1.165, 1.54) is 12.1 Å². The van der Waals surface area contributed by atoms with Crippen LogP contribution in [0, 0.1) is 0 Å². The maximum absolute atomic E-state index is 13.7. The summed E-state index contributed by atoms with van der Waals surface area (Å²) in [4.78, 5) is 34.9. The second kappa shape index (κ2) is 11.5. The molecule has 4 heterocycles. The van der Waals surface area contributed by atoms with Crippen LogP contribution >= 0.6 is 0 Å². The number of carbonyl (C=O) groups excluding carboxylic acids is 2. The van der Waals surface area contributed by atoms with Crippen LogP contribution in [0.25, 0.3) is 0 Å². The Morgan fingerprint density at radius 3 is 2.12 bits per heavy atom. The smallest absolute Gasteiger partial charge is 0.338 e. The highest BCUT2D eigenvalue weighted by molar-refractivity contribution is 5.95. The SMILES string of the molecule is CC(C)N1CCN(C(=O)N2CCC(n3ncc(C(=O)N4CC[C@@H](c5ccccc5C(F)(F)F)C4)c3C3CC3)CC2)CC1. The second-order valence-electron chi connectivity index (χ2n) is 12.6. The molecule has 228 valence electrons. The molecule has 3 saturated heterocycles. The lowest BCUT2D eigenvalue weighted by Gasteiger charge is -2.41. The molecule has 1 atom stereocenters. The molecule has 0 unspecified atom stereocenters. The molecular weight excluding hydrogens is 545 g/mol. The van der Waals surface area contributed by atoms with Crippen molar-refractivity contribution < 1.29 is 22.8 Å². The Morgan fingerprint density at radius 2 is 1.48 bits per heavy atom. The van der Waals surface area contributed by atoms with Gasteiger partial charge in [-0.2, -0.15) is 18.3 Å². The van der Waals surface area contributed by atoms with Gasteiger partial charge in [0.15, 0.2) is 0 Å². The molecule has 0 radical (unpaired) electrons. The van der Waals surface area contributed by atoms with E-state index < -0.39 is 11.7 Å². The molecule has 2 aromatic rings. The number of urea groups is 1. The number of piperidine rings is 1. The highest BCUT2D eigenvalue weighted by Gasteiger charge is 2.40. The van der Waals surface area contributed by atoms with E-state index in [1.54, 1.807) is 17.2 Å². The van der Waals surface area contributed by atoms with Gasteiger partial charge in [-0.05, 0) is 57.6 Å². The van der Waals surface area contributed by atoms with Gasteiger partial charge in [0.05, 0.1) is 29.1 Å². The molecule has 1 aromatic carbocycles. The third kappa shape index (κ3) is 5.76. The van der Waals surface area contributed by atoms with E-state index in [-0.39, 0.29) is 41.9 Å². The van der Waals surface area contributed by atoms with Crippen molar-refractivity contribution in [2.75, 3.05) is 52.4 Å². The molecule has 1 aliphatic carbocycles. The minimum Gasteiger partial charge on any atom is -0.338 e. The molecule has 1 saturated carbocycles. The van der Waals surface area contributed by atoms with Crippen LogP contribution in [0.1, 0.15) is 91.0 Å². The summed E-state index contributed by atoms with van der Waals surface area (Å²) in [6.45, 7) is 9.71. The second-order valence-corrected chi connectivity index (χ2v) is 12.6. The molecule has 3 aliphatic heterocycles. The van der Waals surface area contributed by atoms with Gasteiger partial charge >= 0.3 is 12.2 Å².